The molecule has 0 saturated heterocycles. The minimum Gasteiger partial charge on any atom is -0.456 e. The summed E-state index contributed by atoms with van der Waals surface area (Å²) in [5, 5.41) is 2.14. The van der Waals surface area contributed by atoms with Crippen molar-refractivity contribution in [2.45, 2.75) is 19.3 Å². The van der Waals surface area contributed by atoms with Gasteiger partial charge in [0.25, 0.3) is 0 Å². The molecule has 0 fully saturated rings. The fourth-order valence-electron chi connectivity index (χ4n) is 9.67. The minimum atomic E-state index is -0.0540. The fraction of sp³-hybridized carbons (Fsp3) is 0.0500. The Hall–Kier alpha value is -8.21. The molecule has 0 amide bonds. The molecule has 302 valence electrons. The van der Waals surface area contributed by atoms with E-state index in [-0.39, 0.29) is 5.41 Å². The first kappa shape index (κ1) is 37.5. The van der Waals surface area contributed by atoms with Crippen molar-refractivity contribution in [1.82, 2.24) is 15.0 Å². The quantitative estimate of drug-likeness (QED) is 0.161. The molecule has 0 atom stereocenters. The van der Waals surface area contributed by atoms with Crippen LogP contribution >= 0.6 is 0 Å². The van der Waals surface area contributed by atoms with E-state index in [9.17, 15) is 0 Å². The van der Waals surface area contributed by atoms with Crippen molar-refractivity contribution in [2.75, 3.05) is 0 Å². The zero-order chi connectivity index (χ0) is 42.8. The van der Waals surface area contributed by atoms with Crippen LogP contribution in [0.5, 0.6) is 0 Å². The summed E-state index contributed by atoms with van der Waals surface area (Å²) < 4.78 is 6.57. The Balaban J connectivity index is 0.990. The van der Waals surface area contributed by atoms with E-state index in [1.165, 1.54) is 33.4 Å². The maximum atomic E-state index is 6.57. The number of hydrogen-bond acceptors (Lipinski definition) is 4. The third-order valence-corrected chi connectivity index (χ3v) is 12.9. The third kappa shape index (κ3) is 6.42. The Labute approximate surface area is 372 Å². The van der Waals surface area contributed by atoms with Crippen LogP contribution in [0.3, 0.4) is 0 Å². The van der Waals surface area contributed by atoms with Crippen molar-refractivity contribution in [3.05, 3.63) is 223 Å². The van der Waals surface area contributed by atoms with Crippen molar-refractivity contribution < 1.29 is 4.42 Å². The molecule has 2 heterocycles. The highest BCUT2D eigenvalue weighted by molar-refractivity contribution is 6.13. The van der Waals surface area contributed by atoms with E-state index >= 15 is 0 Å². The molecular formula is C60H41N3O. The summed E-state index contributed by atoms with van der Waals surface area (Å²) in [6, 6.07) is 75.0. The maximum absolute atomic E-state index is 6.57. The van der Waals surface area contributed by atoms with Crippen LogP contribution < -0.4 is 0 Å². The molecule has 0 bridgehead atoms. The van der Waals surface area contributed by atoms with Gasteiger partial charge in [0.1, 0.15) is 11.2 Å². The van der Waals surface area contributed by atoms with Gasteiger partial charge in [-0.1, -0.05) is 184 Å². The summed E-state index contributed by atoms with van der Waals surface area (Å²) in [5.74, 6) is 1.77. The lowest BCUT2D eigenvalue weighted by molar-refractivity contribution is 0.660. The Bertz CT molecular complexity index is 3590. The van der Waals surface area contributed by atoms with Gasteiger partial charge in [-0.15, -0.1) is 0 Å². The second-order valence-electron chi connectivity index (χ2n) is 17.2. The largest absolute Gasteiger partial charge is 0.456 e. The number of benzene rings is 9. The third-order valence-electron chi connectivity index (χ3n) is 12.9. The van der Waals surface area contributed by atoms with E-state index < -0.39 is 0 Å². The molecule has 2 aromatic heterocycles. The predicted octanol–water partition coefficient (Wildman–Crippen LogP) is 15.7. The molecule has 1 aliphatic rings. The van der Waals surface area contributed by atoms with E-state index in [0.29, 0.717) is 17.5 Å². The second-order valence-corrected chi connectivity index (χ2v) is 17.2. The highest BCUT2D eigenvalue weighted by Gasteiger charge is 2.35. The maximum Gasteiger partial charge on any atom is 0.164 e. The van der Waals surface area contributed by atoms with E-state index in [0.717, 1.165) is 72.0 Å². The van der Waals surface area contributed by atoms with Crippen LogP contribution in [0.4, 0.5) is 0 Å². The summed E-state index contributed by atoms with van der Waals surface area (Å²) in [6.07, 6.45) is 0. The smallest absolute Gasteiger partial charge is 0.164 e. The SMILES string of the molecule is CC1(C)c2ccccc2-c2cc(-c3cccc(-c4nc(-c5cccc(-c6cccc(-c7ccccc7)c6)c5)nc(-c5ccc6c(c5)oc5cccc(-c7ccccc7)c56)n4)c3)ccc21. The Morgan fingerprint density at radius 3 is 1.42 bits per heavy atom. The van der Waals surface area contributed by atoms with Gasteiger partial charge in [-0.3, -0.25) is 0 Å². The number of furan rings is 1. The first-order valence-electron chi connectivity index (χ1n) is 21.8. The van der Waals surface area contributed by atoms with E-state index in [2.05, 4.69) is 208 Å². The van der Waals surface area contributed by atoms with Gasteiger partial charge in [0, 0.05) is 32.9 Å². The van der Waals surface area contributed by atoms with Crippen molar-refractivity contribution in [2.24, 2.45) is 0 Å². The van der Waals surface area contributed by atoms with E-state index in [4.69, 9.17) is 19.4 Å². The predicted molar refractivity (Wildman–Crippen MR) is 263 cm³/mol. The van der Waals surface area contributed by atoms with Crippen LogP contribution in [0, 0.1) is 0 Å². The average molecular weight is 820 g/mol. The zero-order valence-electron chi connectivity index (χ0n) is 35.5. The van der Waals surface area contributed by atoms with Crippen LogP contribution in [0.2, 0.25) is 0 Å². The molecular weight excluding hydrogens is 779 g/mol. The first-order valence-corrected chi connectivity index (χ1v) is 21.8. The van der Waals surface area contributed by atoms with Crippen LogP contribution in [0.15, 0.2) is 217 Å². The molecule has 4 nitrogen and oxygen atoms in total. The molecule has 0 spiro atoms. The molecule has 4 heteroatoms. The fourth-order valence-corrected chi connectivity index (χ4v) is 9.67. The summed E-state index contributed by atoms with van der Waals surface area (Å²) in [6.45, 7) is 4.64. The van der Waals surface area contributed by atoms with Gasteiger partial charge in [0.2, 0.25) is 0 Å². The molecule has 64 heavy (non-hydrogen) atoms. The second kappa shape index (κ2) is 15.0. The number of nitrogens with zero attached hydrogens (tertiary/aromatic N) is 3. The van der Waals surface area contributed by atoms with Gasteiger partial charge >= 0.3 is 0 Å². The van der Waals surface area contributed by atoms with E-state index in [1.54, 1.807) is 0 Å². The number of hydrogen-bond donors (Lipinski definition) is 0. The lowest BCUT2D eigenvalue weighted by Gasteiger charge is -2.21. The van der Waals surface area contributed by atoms with Gasteiger partial charge in [0.05, 0.1) is 0 Å². The molecule has 0 unspecified atom stereocenters. The Morgan fingerprint density at radius 1 is 0.312 bits per heavy atom. The molecule has 9 aromatic carbocycles. The van der Waals surface area contributed by atoms with Crippen LogP contribution in [0.1, 0.15) is 25.0 Å². The van der Waals surface area contributed by atoms with Crippen LogP contribution in [-0.4, -0.2) is 15.0 Å². The van der Waals surface area contributed by atoms with Crippen molar-refractivity contribution in [3.63, 3.8) is 0 Å². The first-order chi connectivity index (χ1) is 31.4. The molecule has 0 aliphatic heterocycles. The Morgan fingerprint density at radius 2 is 0.766 bits per heavy atom. The normalized spacial score (nSPS) is 12.7. The summed E-state index contributed by atoms with van der Waals surface area (Å²) in [4.78, 5) is 15.7. The van der Waals surface area contributed by atoms with Crippen LogP contribution in [-0.2, 0) is 5.41 Å². The number of aromatic nitrogens is 3. The highest BCUT2D eigenvalue weighted by atomic mass is 16.3. The lowest BCUT2D eigenvalue weighted by atomic mass is 9.82. The van der Waals surface area contributed by atoms with Gasteiger partial charge in [0.15, 0.2) is 17.5 Å². The number of fused-ring (bicyclic) bond motifs is 6. The van der Waals surface area contributed by atoms with Crippen molar-refractivity contribution >= 4 is 21.9 Å². The standard InChI is InChI=1S/C60H41N3O/c1-60(2)52-27-10-9-25-49(52)51-36-44(30-32-53(51)60)43-22-13-24-46(35-43)58-61-57(45-23-12-21-42(34-45)41-20-11-19-40(33-41)38-15-5-3-6-16-38)62-59(63-58)47-29-31-50-55(37-47)64-54-28-14-26-48(56(50)54)39-17-7-4-8-18-39/h3-37H,1-2H3. The minimum absolute atomic E-state index is 0.0540. The molecule has 1 aliphatic carbocycles. The average Bonchev–Trinajstić information content (AvgIpc) is 3.85. The summed E-state index contributed by atoms with van der Waals surface area (Å²) in [7, 11) is 0. The zero-order valence-corrected chi connectivity index (χ0v) is 35.5. The molecule has 11 aromatic rings. The van der Waals surface area contributed by atoms with Gasteiger partial charge < -0.3 is 4.42 Å². The van der Waals surface area contributed by atoms with Gasteiger partial charge in [-0.05, 0) is 109 Å². The Kier molecular flexibility index (Phi) is 8.80. The molecule has 12 rings (SSSR count). The summed E-state index contributed by atoms with van der Waals surface area (Å²) >= 11 is 0. The van der Waals surface area contributed by atoms with Crippen molar-refractivity contribution in [1.29, 1.82) is 0 Å². The van der Waals surface area contributed by atoms with E-state index in [1.807, 2.05) is 18.2 Å². The number of rotatable bonds is 7. The molecule has 0 N–H and O–H groups in total. The van der Waals surface area contributed by atoms with Crippen molar-refractivity contribution in [3.8, 4) is 89.8 Å². The monoisotopic (exact) mass is 819 g/mol. The molecule has 0 radical (unpaired) electrons. The van der Waals surface area contributed by atoms with Gasteiger partial charge in [-0.2, -0.15) is 0 Å². The highest BCUT2D eigenvalue weighted by Crippen LogP contribution is 2.49. The topological polar surface area (TPSA) is 51.8 Å². The summed E-state index contributed by atoms with van der Waals surface area (Å²) in [5.41, 5.74) is 18.6. The van der Waals surface area contributed by atoms with Crippen LogP contribution in [0.25, 0.3) is 112 Å². The lowest BCUT2D eigenvalue weighted by Crippen LogP contribution is -2.14. The molecule has 0 saturated carbocycles. The van der Waals surface area contributed by atoms with Gasteiger partial charge in [-0.25, -0.2) is 15.0 Å².